The van der Waals surface area contributed by atoms with Gasteiger partial charge in [-0.05, 0) is 57.4 Å². The highest BCUT2D eigenvalue weighted by Gasteiger charge is 2.18. The average molecular weight is 382 g/mol. The Balaban J connectivity index is 0.00000338. The third-order valence-electron chi connectivity index (χ3n) is 3.54. The van der Waals surface area contributed by atoms with E-state index in [9.17, 15) is 15.0 Å². The smallest absolute Gasteiger partial charge is 0.203 e. The Morgan fingerprint density at radius 2 is 1.58 bits per heavy atom. The summed E-state index contributed by atoms with van der Waals surface area (Å²) in [4.78, 5) is 14.1. The SMILES string of the molecule is CCOc1ccc(OCC(=O)c2ccc(O)c(CN(C)C)c2O)cc1.Cl. The Morgan fingerprint density at radius 3 is 2.12 bits per heavy atom. The van der Waals surface area contributed by atoms with Crippen molar-refractivity contribution in [1.29, 1.82) is 0 Å². The summed E-state index contributed by atoms with van der Waals surface area (Å²) in [5.41, 5.74) is 0.442. The van der Waals surface area contributed by atoms with Gasteiger partial charge in [-0.3, -0.25) is 4.79 Å². The quantitative estimate of drug-likeness (QED) is 0.683. The normalized spacial score (nSPS) is 10.3. The van der Waals surface area contributed by atoms with Gasteiger partial charge in [0.1, 0.15) is 23.0 Å². The minimum atomic E-state index is -0.369. The fourth-order valence-electron chi connectivity index (χ4n) is 2.35. The van der Waals surface area contributed by atoms with Gasteiger partial charge in [0.2, 0.25) is 5.78 Å². The first-order valence-electron chi connectivity index (χ1n) is 7.99. The standard InChI is InChI=1S/C19H23NO5.ClH/c1-4-24-13-5-7-14(8-6-13)25-12-18(22)15-9-10-17(21)16(19(15)23)11-20(2)3;/h5-10,21,23H,4,11-12H2,1-3H3;1H. The second kappa shape index (κ2) is 9.89. The van der Waals surface area contributed by atoms with Crippen molar-refractivity contribution >= 4 is 18.2 Å². The number of ether oxygens (including phenoxy) is 2. The van der Waals surface area contributed by atoms with Crippen LogP contribution in [0.1, 0.15) is 22.8 Å². The molecule has 0 unspecified atom stereocenters. The molecule has 0 fully saturated rings. The summed E-state index contributed by atoms with van der Waals surface area (Å²) in [5.74, 6) is 0.629. The zero-order chi connectivity index (χ0) is 18.4. The summed E-state index contributed by atoms with van der Waals surface area (Å²) in [5, 5.41) is 20.2. The molecule has 0 aromatic heterocycles. The lowest BCUT2D eigenvalue weighted by molar-refractivity contribution is 0.0918. The molecule has 2 N–H and O–H groups in total. The Bertz CT molecular complexity index is 731. The van der Waals surface area contributed by atoms with Crippen molar-refractivity contribution in [3.63, 3.8) is 0 Å². The van der Waals surface area contributed by atoms with Gasteiger partial charge in [0.25, 0.3) is 0 Å². The molecule has 0 atom stereocenters. The second-order valence-electron chi connectivity index (χ2n) is 5.81. The molecule has 0 aliphatic rings. The van der Waals surface area contributed by atoms with Gasteiger partial charge >= 0.3 is 0 Å². The van der Waals surface area contributed by atoms with E-state index in [4.69, 9.17) is 9.47 Å². The molecule has 0 saturated heterocycles. The maximum atomic E-state index is 12.4. The third kappa shape index (κ3) is 5.54. The fourth-order valence-corrected chi connectivity index (χ4v) is 2.35. The number of halogens is 1. The molecule has 0 spiro atoms. The van der Waals surface area contributed by atoms with E-state index >= 15 is 0 Å². The predicted molar refractivity (Wildman–Crippen MR) is 102 cm³/mol. The Labute approximate surface area is 159 Å². The number of hydrogen-bond donors (Lipinski definition) is 2. The molecule has 0 aliphatic heterocycles. The average Bonchev–Trinajstić information content (AvgIpc) is 2.58. The van der Waals surface area contributed by atoms with E-state index in [1.165, 1.54) is 12.1 Å². The number of benzene rings is 2. The summed E-state index contributed by atoms with van der Waals surface area (Å²) in [6.07, 6.45) is 0. The van der Waals surface area contributed by atoms with Crippen LogP contribution in [0.15, 0.2) is 36.4 Å². The first-order chi connectivity index (χ1) is 11.9. The number of rotatable bonds is 8. The molecule has 26 heavy (non-hydrogen) atoms. The van der Waals surface area contributed by atoms with Crippen molar-refractivity contribution in [3.8, 4) is 23.0 Å². The van der Waals surface area contributed by atoms with E-state index in [1.807, 2.05) is 21.0 Å². The highest BCUT2D eigenvalue weighted by molar-refractivity contribution is 6.00. The Kier molecular flexibility index (Phi) is 8.22. The van der Waals surface area contributed by atoms with Gasteiger partial charge in [-0.2, -0.15) is 0 Å². The molecule has 0 saturated carbocycles. The molecular weight excluding hydrogens is 358 g/mol. The van der Waals surface area contributed by atoms with Crippen molar-refractivity contribution in [2.45, 2.75) is 13.5 Å². The lowest BCUT2D eigenvalue weighted by Gasteiger charge is -2.15. The Morgan fingerprint density at radius 1 is 1.00 bits per heavy atom. The molecule has 2 aromatic carbocycles. The van der Waals surface area contributed by atoms with Gasteiger partial charge in [0.05, 0.1) is 17.7 Å². The molecule has 0 radical (unpaired) electrons. The number of carbonyl (C=O) groups is 1. The predicted octanol–water partition coefficient (Wildman–Crippen LogP) is 3.24. The van der Waals surface area contributed by atoms with Crippen LogP contribution >= 0.6 is 12.4 Å². The molecule has 0 heterocycles. The van der Waals surface area contributed by atoms with Crippen LogP contribution in [0.3, 0.4) is 0 Å². The summed E-state index contributed by atoms with van der Waals surface area (Å²) in [7, 11) is 3.62. The van der Waals surface area contributed by atoms with Gasteiger partial charge in [-0.15, -0.1) is 12.4 Å². The third-order valence-corrected chi connectivity index (χ3v) is 3.54. The maximum Gasteiger partial charge on any atom is 0.203 e. The van der Waals surface area contributed by atoms with Crippen LogP contribution in [-0.4, -0.2) is 48.2 Å². The number of phenols is 2. The van der Waals surface area contributed by atoms with Gasteiger partial charge in [0.15, 0.2) is 6.61 Å². The maximum absolute atomic E-state index is 12.4. The number of phenolic OH excluding ortho intramolecular Hbond substituents is 2. The molecule has 2 aromatic rings. The summed E-state index contributed by atoms with van der Waals surface area (Å²) >= 11 is 0. The van der Waals surface area contributed by atoms with Gasteiger partial charge < -0.3 is 24.6 Å². The van der Waals surface area contributed by atoms with Crippen LogP contribution in [-0.2, 0) is 6.54 Å². The lowest BCUT2D eigenvalue weighted by atomic mass is 10.0. The summed E-state index contributed by atoms with van der Waals surface area (Å²) < 4.78 is 10.8. The van der Waals surface area contributed by atoms with Crippen molar-refractivity contribution in [2.75, 3.05) is 27.3 Å². The first-order valence-corrected chi connectivity index (χ1v) is 7.99. The van der Waals surface area contributed by atoms with Crippen molar-refractivity contribution in [2.24, 2.45) is 0 Å². The van der Waals surface area contributed by atoms with Crippen LogP contribution in [0.5, 0.6) is 23.0 Å². The number of ketones is 1. The van der Waals surface area contributed by atoms with Crippen molar-refractivity contribution in [1.82, 2.24) is 4.90 Å². The molecule has 0 bridgehead atoms. The highest BCUT2D eigenvalue weighted by Crippen LogP contribution is 2.31. The molecule has 0 amide bonds. The number of aromatic hydroxyl groups is 2. The van der Waals surface area contributed by atoms with E-state index in [-0.39, 0.29) is 41.9 Å². The van der Waals surface area contributed by atoms with Crippen LogP contribution in [0.2, 0.25) is 0 Å². The van der Waals surface area contributed by atoms with E-state index < -0.39 is 0 Å². The van der Waals surface area contributed by atoms with Crippen molar-refractivity contribution < 1.29 is 24.5 Å². The van der Waals surface area contributed by atoms with E-state index in [0.29, 0.717) is 24.5 Å². The highest BCUT2D eigenvalue weighted by atomic mass is 35.5. The van der Waals surface area contributed by atoms with Crippen LogP contribution < -0.4 is 9.47 Å². The molecule has 142 valence electrons. The minimum Gasteiger partial charge on any atom is -0.507 e. The van der Waals surface area contributed by atoms with E-state index in [2.05, 4.69) is 0 Å². The van der Waals surface area contributed by atoms with Crippen LogP contribution in [0, 0.1) is 0 Å². The second-order valence-corrected chi connectivity index (χ2v) is 5.81. The van der Waals surface area contributed by atoms with E-state index in [0.717, 1.165) is 5.75 Å². The van der Waals surface area contributed by atoms with Gasteiger partial charge in [0, 0.05) is 6.54 Å². The fraction of sp³-hybridized carbons (Fsp3) is 0.316. The molecule has 2 rings (SSSR count). The van der Waals surface area contributed by atoms with Gasteiger partial charge in [-0.25, -0.2) is 0 Å². The number of carbonyl (C=O) groups excluding carboxylic acids is 1. The minimum absolute atomic E-state index is 0. The van der Waals surface area contributed by atoms with Gasteiger partial charge in [-0.1, -0.05) is 0 Å². The number of Topliss-reactive ketones (excluding diaryl/α,β-unsaturated/α-hetero) is 1. The Hall–Kier alpha value is -2.44. The van der Waals surface area contributed by atoms with Crippen LogP contribution in [0.4, 0.5) is 0 Å². The number of nitrogens with zero attached hydrogens (tertiary/aromatic N) is 1. The molecule has 7 heteroatoms. The van der Waals surface area contributed by atoms with Crippen molar-refractivity contribution in [3.05, 3.63) is 47.5 Å². The van der Waals surface area contributed by atoms with E-state index in [1.54, 1.807) is 29.2 Å². The topological polar surface area (TPSA) is 79.2 Å². The molecule has 6 nitrogen and oxygen atoms in total. The molecule has 0 aliphatic carbocycles. The zero-order valence-electron chi connectivity index (χ0n) is 15.1. The largest absolute Gasteiger partial charge is 0.507 e. The lowest BCUT2D eigenvalue weighted by Crippen LogP contribution is -2.15. The zero-order valence-corrected chi connectivity index (χ0v) is 15.9. The monoisotopic (exact) mass is 381 g/mol. The molecular formula is C19H24ClNO5. The summed E-state index contributed by atoms with van der Waals surface area (Å²) in [6, 6.07) is 9.75. The van der Waals surface area contributed by atoms with Crippen LogP contribution in [0.25, 0.3) is 0 Å². The summed E-state index contributed by atoms with van der Waals surface area (Å²) in [6.45, 7) is 2.58. The number of hydrogen-bond acceptors (Lipinski definition) is 6. The first kappa shape index (κ1) is 21.6.